The summed E-state index contributed by atoms with van der Waals surface area (Å²) in [5.74, 6) is -0.0622. The quantitative estimate of drug-likeness (QED) is 0.249. The van der Waals surface area contributed by atoms with Gasteiger partial charge in [-0.25, -0.2) is 4.79 Å². The Hall–Kier alpha value is -0.750. The minimum absolute atomic E-state index is 0. The summed E-state index contributed by atoms with van der Waals surface area (Å²) >= 11 is 0. The van der Waals surface area contributed by atoms with Crippen LogP contribution in [0.25, 0.3) is 0 Å². The number of benzene rings is 1. The van der Waals surface area contributed by atoms with E-state index in [1.54, 1.807) is 6.07 Å². The van der Waals surface area contributed by atoms with E-state index in [9.17, 15) is 35.4 Å². The number of hydrogen-bond donors (Lipinski definition) is 6. The second-order valence-corrected chi connectivity index (χ2v) is 10.4. The van der Waals surface area contributed by atoms with Crippen LogP contribution in [0.4, 0.5) is 0 Å². The molecule has 1 aromatic carbocycles. The molecule has 1 aliphatic heterocycles. The number of ether oxygens (including phenoxy) is 2. The standard InChI is InChI=1S/C24H32O9.Na.H/c1-24-7-6-13-12-5-3-11(32-23-19(28)17(26)18(27)20(33-23)22(30)31)8-10(12)2-4-14(13)15(24)9-16(25)21(24)29;;/h3,5,8,13-21,23,25-29H,2,4,6-7,9H2,1H3,(H,30,31);;/q;+1;-1/t13-,14-,15+,16-,17+,18+,19-,20+,21+,23-,24+;;/m1../s1. The van der Waals surface area contributed by atoms with E-state index >= 15 is 0 Å². The van der Waals surface area contributed by atoms with Gasteiger partial charge in [-0.3, -0.25) is 0 Å². The third kappa shape index (κ3) is 4.13. The summed E-state index contributed by atoms with van der Waals surface area (Å²) in [4.78, 5) is 11.3. The first-order valence-electron chi connectivity index (χ1n) is 11.7. The van der Waals surface area contributed by atoms with E-state index in [0.29, 0.717) is 24.0 Å². The van der Waals surface area contributed by atoms with Gasteiger partial charge in [-0.2, -0.15) is 0 Å². The van der Waals surface area contributed by atoms with Gasteiger partial charge in [0.15, 0.2) is 6.10 Å². The van der Waals surface area contributed by atoms with Crippen molar-refractivity contribution in [2.24, 2.45) is 17.3 Å². The average molecular weight is 489 g/mol. The number of aliphatic hydroxyl groups is 5. The number of aliphatic hydroxyl groups excluding tert-OH is 5. The van der Waals surface area contributed by atoms with Crippen molar-refractivity contribution in [2.75, 3.05) is 0 Å². The summed E-state index contributed by atoms with van der Waals surface area (Å²) < 4.78 is 10.9. The molecule has 34 heavy (non-hydrogen) atoms. The Morgan fingerprint density at radius 2 is 1.85 bits per heavy atom. The Balaban J connectivity index is 0.00000171. The zero-order valence-corrected chi connectivity index (χ0v) is 21.4. The zero-order valence-electron chi connectivity index (χ0n) is 20.4. The van der Waals surface area contributed by atoms with Crippen molar-refractivity contribution in [1.29, 1.82) is 0 Å². The van der Waals surface area contributed by atoms with E-state index in [4.69, 9.17) is 9.47 Å². The molecule has 0 spiro atoms. The second-order valence-electron chi connectivity index (χ2n) is 10.4. The largest absolute Gasteiger partial charge is 1.00 e. The molecule has 5 rings (SSSR count). The van der Waals surface area contributed by atoms with Crippen LogP contribution in [0, 0.1) is 17.3 Å². The molecule has 10 heteroatoms. The van der Waals surface area contributed by atoms with Crippen LogP contribution in [-0.4, -0.2) is 79.5 Å². The molecule has 4 aliphatic rings. The molecule has 1 saturated heterocycles. The van der Waals surface area contributed by atoms with Crippen LogP contribution in [0.15, 0.2) is 18.2 Å². The molecule has 184 valence electrons. The van der Waals surface area contributed by atoms with Gasteiger partial charge >= 0.3 is 35.5 Å². The van der Waals surface area contributed by atoms with Crippen molar-refractivity contribution in [3.8, 4) is 5.75 Å². The van der Waals surface area contributed by atoms with Crippen LogP contribution in [-0.2, 0) is 16.0 Å². The molecule has 0 unspecified atom stereocenters. The van der Waals surface area contributed by atoms with Crippen molar-refractivity contribution in [3.63, 3.8) is 0 Å². The van der Waals surface area contributed by atoms with Crippen LogP contribution < -0.4 is 34.3 Å². The molecule has 9 nitrogen and oxygen atoms in total. The first kappa shape index (κ1) is 26.3. The number of carbonyl (C=O) groups is 1. The van der Waals surface area contributed by atoms with E-state index in [-0.39, 0.29) is 42.3 Å². The van der Waals surface area contributed by atoms with Gasteiger partial charge in [0.2, 0.25) is 6.29 Å². The third-order valence-electron chi connectivity index (χ3n) is 8.74. The number of carboxylic acids is 1. The van der Waals surface area contributed by atoms with Crippen LogP contribution in [0.2, 0.25) is 0 Å². The molecule has 1 heterocycles. The summed E-state index contributed by atoms with van der Waals surface area (Å²) in [7, 11) is 0. The molecule has 11 atom stereocenters. The summed E-state index contributed by atoms with van der Waals surface area (Å²) in [6.07, 6.45) is -5.40. The fraction of sp³-hybridized carbons (Fsp3) is 0.708. The molecular formula is C24H33NaO9. The van der Waals surface area contributed by atoms with Gasteiger partial charge < -0.3 is 41.5 Å². The summed E-state index contributed by atoms with van der Waals surface area (Å²) in [5.41, 5.74) is 2.08. The van der Waals surface area contributed by atoms with E-state index in [1.165, 1.54) is 5.56 Å². The molecule has 0 bridgehead atoms. The molecule has 2 saturated carbocycles. The number of rotatable bonds is 3. The molecule has 1 aromatic rings. The van der Waals surface area contributed by atoms with Gasteiger partial charge in [-0.15, -0.1) is 0 Å². The van der Waals surface area contributed by atoms with E-state index in [2.05, 4.69) is 6.92 Å². The van der Waals surface area contributed by atoms with Gasteiger partial charge in [0.25, 0.3) is 0 Å². The Morgan fingerprint density at radius 1 is 1.12 bits per heavy atom. The van der Waals surface area contributed by atoms with Crippen LogP contribution in [0.1, 0.15) is 51.1 Å². The minimum atomic E-state index is -1.76. The van der Waals surface area contributed by atoms with Gasteiger partial charge in [0, 0.05) is 0 Å². The van der Waals surface area contributed by atoms with Gasteiger partial charge in [0.1, 0.15) is 24.1 Å². The third-order valence-corrected chi connectivity index (χ3v) is 8.74. The van der Waals surface area contributed by atoms with Gasteiger partial charge in [0.05, 0.1) is 12.2 Å². The van der Waals surface area contributed by atoms with Crippen molar-refractivity contribution in [1.82, 2.24) is 0 Å². The number of aliphatic carboxylic acids is 1. The topological polar surface area (TPSA) is 157 Å². The van der Waals surface area contributed by atoms with E-state index < -0.39 is 48.9 Å². The molecule has 0 amide bonds. The maximum Gasteiger partial charge on any atom is 1.00 e. The zero-order chi connectivity index (χ0) is 23.7. The number of fused-ring (bicyclic) bond motifs is 5. The minimum Gasteiger partial charge on any atom is -1.00 e. The van der Waals surface area contributed by atoms with Crippen LogP contribution in [0.5, 0.6) is 5.75 Å². The molecule has 0 aromatic heterocycles. The maximum absolute atomic E-state index is 11.3. The maximum atomic E-state index is 11.3. The fourth-order valence-electron chi connectivity index (χ4n) is 6.90. The second kappa shape index (κ2) is 9.61. The summed E-state index contributed by atoms with van der Waals surface area (Å²) in [6, 6.07) is 5.60. The number of carboxylic acid groups (broad SMARTS) is 1. The molecule has 3 aliphatic carbocycles. The molecule has 0 radical (unpaired) electrons. The first-order chi connectivity index (χ1) is 15.6. The summed E-state index contributed by atoms with van der Waals surface area (Å²) in [6.45, 7) is 2.10. The van der Waals surface area contributed by atoms with Gasteiger partial charge in [-0.05, 0) is 78.5 Å². The fourth-order valence-corrected chi connectivity index (χ4v) is 6.90. The Bertz CT molecular complexity index is 934. The van der Waals surface area contributed by atoms with Crippen molar-refractivity contribution < 1.29 is 75.9 Å². The van der Waals surface area contributed by atoms with Crippen molar-refractivity contribution in [2.45, 2.75) is 87.9 Å². The predicted molar refractivity (Wildman–Crippen MR) is 115 cm³/mol. The van der Waals surface area contributed by atoms with Crippen molar-refractivity contribution in [3.05, 3.63) is 29.3 Å². The number of aryl methyl sites for hydroxylation is 1. The van der Waals surface area contributed by atoms with Crippen molar-refractivity contribution >= 4 is 5.97 Å². The molecule has 6 N–H and O–H groups in total. The summed E-state index contributed by atoms with van der Waals surface area (Å²) in [5, 5.41) is 60.2. The smallest absolute Gasteiger partial charge is 1.00 e. The SMILES string of the molecule is C[C@]12CC[C@@H]3c4ccc(O[C@@H]5O[C@H](C(=O)O)[C@@H](O)[C@H](O)[C@H]5O)cc4CC[C@H]3[C@@H]1C[C@@H](O)[C@@H]2O.[H-].[Na+]. The predicted octanol–water partition coefficient (Wildman–Crippen LogP) is -2.74. The Morgan fingerprint density at radius 3 is 2.56 bits per heavy atom. The first-order valence-corrected chi connectivity index (χ1v) is 11.7. The average Bonchev–Trinajstić information content (AvgIpc) is 3.02. The molecule has 3 fully saturated rings. The molecular weight excluding hydrogens is 455 g/mol. The van der Waals surface area contributed by atoms with Crippen LogP contribution in [0.3, 0.4) is 0 Å². The normalized spacial score (nSPS) is 45.4. The van der Waals surface area contributed by atoms with Crippen LogP contribution >= 0.6 is 0 Å². The van der Waals surface area contributed by atoms with E-state index in [0.717, 1.165) is 31.2 Å². The Labute approximate surface area is 221 Å². The number of hydrogen-bond acceptors (Lipinski definition) is 8. The monoisotopic (exact) mass is 488 g/mol. The van der Waals surface area contributed by atoms with Gasteiger partial charge in [-0.1, -0.05) is 13.0 Å². The Kier molecular flexibility index (Phi) is 7.44. The van der Waals surface area contributed by atoms with E-state index in [1.807, 2.05) is 12.1 Å².